The normalized spacial score (nSPS) is 12.0. The Bertz CT molecular complexity index is 582. The first-order chi connectivity index (χ1) is 9.61. The molecule has 0 unspecified atom stereocenters. The quantitative estimate of drug-likeness (QED) is 0.908. The molecule has 0 aliphatic carbocycles. The van der Waals surface area contributed by atoms with Crippen LogP contribution in [0.3, 0.4) is 0 Å². The van der Waals surface area contributed by atoms with Gasteiger partial charge in [-0.05, 0) is 25.1 Å². The van der Waals surface area contributed by atoms with Crippen LogP contribution in [0.5, 0.6) is 11.5 Å². The number of hydrogen-bond acceptors (Lipinski definition) is 3. The number of aliphatic hydroxyl groups is 1. The van der Waals surface area contributed by atoms with E-state index >= 15 is 0 Å². The Labute approximate surface area is 117 Å². The summed E-state index contributed by atoms with van der Waals surface area (Å²) in [5.41, 5.74) is 1.41. The van der Waals surface area contributed by atoms with Gasteiger partial charge in [-0.15, -0.1) is 0 Å². The summed E-state index contributed by atoms with van der Waals surface area (Å²) in [5, 5.41) is 9.67. The molecule has 20 heavy (non-hydrogen) atoms. The van der Waals surface area contributed by atoms with Gasteiger partial charge in [0.2, 0.25) is 0 Å². The van der Waals surface area contributed by atoms with Gasteiger partial charge in [-0.2, -0.15) is 0 Å². The molecule has 106 valence electrons. The van der Waals surface area contributed by atoms with Crippen molar-refractivity contribution in [1.29, 1.82) is 0 Å². The average molecular weight is 276 g/mol. The Hall–Kier alpha value is -2.07. The number of halogens is 1. The zero-order valence-corrected chi connectivity index (χ0v) is 11.5. The van der Waals surface area contributed by atoms with Crippen LogP contribution in [-0.2, 0) is 6.61 Å². The van der Waals surface area contributed by atoms with E-state index in [0.717, 1.165) is 5.56 Å². The van der Waals surface area contributed by atoms with Crippen LogP contribution in [0.25, 0.3) is 0 Å². The maximum Gasteiger partial charge on any atom is 0.128 e. The fraction of sp³-hybridized carbons (Fsp3) is 0.250. The van der Waals surface area contributed by atoms with E-state index in [4.69, 9.17) is 9.47 Å². The highest BCUT2D eigenvalue weighted by Gasteiger charge is 2.11. The maximum atomic E-state index is 13.3. The summed E-state index contributed by atoms with van der Waals surface area (Å²) in [6.45, 7) is 1.86. The van der Waals surface area contributed by atoms with E-state index in [1.54, 1.807) is 14.0 Å². The van der Waals surface area contributed by atoms with Crippen molar-refractivity contribution in [2.75, 3.05) is 7.11 Å². The van der Waals surface area contributed by atoms with Crippen LogP contribution in [0.1, 0.15) is 24.2 Å². The minimum Gasteiger partial charge on any atom is -0.496 e. The van der Waals surface area contributed by atoms with E-state index in [0.29, 0.717) is 17.1 Å². The van der Waals surface area contributed by atoms with E-state index in [9.17, 15) is 9.50 Å². The summed E-state index contributed by atoms with van der Waals surface area (Å²) in [7, 11) is 1.59. The maximum absolute atomic E-state index is 13.3. The number of para-hydroxylation sites is 1. The molecule has 0 bridgehead atoms. The first kappa shape index (κ1) is 14.3. The van der Waals surface area contributed by atoms with Gasteiger partial charge in [0.05, 0.1) is 13.2 Å². The summed E-state index contributed by atoms with van der Waals surface area (Å²) < 4.78 is 24.2. The smallest absolute Gasteiger partial charge is 0.128 e. The number of hydrogen-bond donors (Lipinski definition) is 1. The molecule has 2 aromatic rings. The molecule has 2 aromatic carbocycles. The topological polar surface area (TPSA) is 38.7 Å². The Morgan fingerprint density at radius 3 is 2.60 bits per heavy atom. The first-order valence-corrected chi connectivity index (χ1v) is 6.34. The number of aliphatic hydroxyl groups excluding tert-OH is 1. The lowest BCUT2D eigenvalue weighted by Crippen LogP contribution is -2.03. The van der Waals surface area contributed by atoms with Gasteiger partial charge >= 0.3 is 0 Å². The number of ether oxygens (including phenoxy) is 2. The molecule has 0 fully saturated rings. The van der Waals surface area contributed by atoms with Crippen molar-refractivity contribution < 1.29 is 19.0 Å². The first-order valence-electron chi connectivity index (χ1n) is 6.34. The molecule has 0 saturated carbocycles. The SMILES string of the molecule is COc1ccccc1COc1cc(F)ccc1[C@@H](C)O. The molecule has 0 aliphatic heterocycles. The van der Waals surface area contributed by atoms with Gasteiger partial charge in [0.15, 0.2) is 0 Å². The van der Waals surface area contributed by atoms with Crippen molar-refractivity contribution in [3.8, 4) is 11.5 Å². The molecule has 1 atom stereocenters. The molecule has 2 rings (SSSR count). The fourth-order valence-electron chi connectivity index (χ4n) is 1.96. The second-order valence-electron chi connectivity index (χ2n) is 4.46. The van der Waals surface area contributed by atoms with Crippen molar-refractivity contribution in [2.24, 2.45) is 0 Å². The van der Waals surface area contributed by atoms with Gasteiger partial charge in [-0.25, -0.2) is 4.39 Å². The Balaban J connectivity index is 2.20. The molecule has 3 nitrogen and oxygen atoms in total. The standard InChI is InChI=1S/C16H17FO3/c1-11(18)14-8-7-13(17)9-16(14)20-10-12-5-3-4-6-15(12)19-2/h3-9,11,18H,10H2,1-2H3/t11-/m1/s1. The molecule has 0 spiro atoms. The molecule has 0 amide bonds. The lowest BCUT2D eigenvalue weighted by atomic mass is 10.1. The third-order valence-electron chi connectivity index (χ3n) is 3.00. The highest BCUT2D eigenvalue weighted by atomic mass is 19.1. The van der Waals surface area contributed by atoms with Gasteiger partial charge in [-0.1, -0.05) is 18.2 Å². The van der Waals surface area contributed by atoms with E-state index in [2.05, 4.69) is 0 Å². The van der Waals surface area contributed by atoms with Crippen LogP contribution in [0.2, 0.25) is 0 Å². The molecule has 0 heterocycles. The summed E-state index contributed by atoms with van der Waals surface area (Å²) >= 11 is 0. The molecule has 1 N–H and O–H groups in total. The number of methoxy groups -OCH3 is 1. The van der Waals surface area contributed by atoms with Gasteiger partial charge in [0, 0.05) is 17.2 Å². The monoisotopic (exact) mass is 276 g/mol. The summed E-state index contributed by atoms with van der Waals surface area (Å²) in [4.78, 5) is 0. The Kier molecular flexibility index (Phi) is 4.58. The van der Waals surface area contributed by atoms with Crippen LogP contribution in [-0.4, -0.2) is 12.2 Å². The molecule has 0 radical (unpaired) electrons. The Morgan fingerprint density at radius 1 is 1.15 bits per heavy atom. The lowest BCUT2D eigenvalue weighted by molar-refractivity contribution is 0.189. The number of rotatable bonds is 5. The average Bonchev–Trinajstić information content (AvgIpc) is 2.45. The van der Waals surface area contributed by atoms with Crippen LogP contribution in [0, 0.1) is 5.82 Å². The minimum absolute atomic E-state index is 0.243. The molecule has 0 saturated heterocycles. The van der Waals surface area contributed by atoms with Crippen molar-refractivity contribution in [2.45, 2.75) is 19.6 Å². The number of benzene rings is 2. The van der Waals surface area contributed by atoms with Crippen LogP contribution in [0.15, 0.2) is 42.5 Å². The van der Waals surface area contributed by atoms with Crippen LogP contribution in [0.4, 0.5) is 4.39 Å². The highest BCUT2D eigenvalue weighted by molar-refractivity contribution is 5.37. The van der Waals surface area contributed by atoms with Gasteiger partial charge in [-0.3, -0.25) is 0 Å². The highest BCUT2D eigenvalue weighted by Crippen LogP contribution is 2.28. The minimum atomic E-state index is -0.719. The third kappa shape index (κ3) is 3.27. The molecular formula is C16H17FO3. The van der Waals surface area contributed by atoms with Crippen molar-refractivity contribution in [1.82, 2.24) is 0 Å². The van der Waals surface area contributed by atoms with Crippen LogP contribution >= 0.6 is 0 Å². The zero-order chi connectivity index (χ0) is 14.5. The van der Waals surface area contributed by atoms with Gasteiger partial charge in [0.25, 0.3) is 0 Å². The van der Waals surface area contributed by atoms with E-state index in [1.165, 1.54) is 18.2 Å². The zero-order valence-electron chi connectivity index (χ0n) is 11.5. The second-order valence-corrected chi connectivity index (χ2v) is 4.46. The molecule has 0 aliphatic rings. The summed E-state index contributed by atoms with van der Waals surface area (Å²) in [6.07, 6.45) is -0.719. The van der Waals surface area contributed by atoms with Gasteiger partial charge < -0.3 is 14.6 Å². The van der Waals surface area contributed by atoms with Gasteiger partial charge in [0.1, 0.15) is 23.9 Å². The van der Waals surface area contributed by atoms with E-state index in [1.807, 2.05) is 24.3 Å². The Morgan fingerprint density at radius 2 is 1.90 bits per heavy atom. The second kappa shape index (κ2) is 6.39. The van der Waals surface area contributed by atoms with E-state index in [-0.39, 0.29) is 6.61 Å². The fourth-order valence-corrected chi connectivity index (χ4v) is 1.96. The van der Waals surface area contributed by atoms with Crippen LogP contribution < -0.4 is 9.47 Å². The predicted octanol–water partition coefficient (Wildman–Crippen LogP) is 3.47. The lowest BCUT2D eigenvalue weighted by Gasteiger charge is -2.14. The van der Waals surface area contributed by atoms with Crippen molar-refractivity contribution in [3.05, 3.63) is 59.4 Å². The molecule has 4 heteroatoms. The summed E-state index contributed by atoms with van der Waals surface area (Å²) in [5.74, 6) is 0.651. The predicted molar refractivity (Wildman–Crippen MR) is 74.4 cm³/mol. The van der Waals surface area contributed by atoms with E-state index < -0.39 is 11.9 Å². The molecular weight excluding hydrogens is 259 g/mol. The summed E-state index contributed by atoms with van der Waals surface area (Å²) in [6, 6.07) is 11.6. The third-order valence-corrected chi connectivity index (χ3v) is 3.00. The largest absolute Gasteiger partial charge is 0.496 e. The molecule has 0 aromatic heterocycles. The van der Waals surface area contributed by atoms with Crippen molar-refractivity contribution >= 4 is 0 Å². The van der Waals surface area contributed by atoms with Crippen molar-refractivity contribution in [3.63, 3.8) is 0 Å².